The highest BCUT2D eigenvalue weighted by Crippen LogP contribution is 2.30. The second-order valence-electron chi connectivity index (χ2n) is 7.63. The summed E-state index contributed by atoms with van der Waals surface area (Å²) in [4.78, 5) is 30.1. The first kappa shape index (κ1) is 21.6. The normalized spacial score (nSPS) is 15.4. The molecule has 160 valence electrons. The Balaban J connectivity index is 1.59. The molecule has 1 N–H and O–H groups in total. The maximum Gasteiger partial charge on any atom is 0.251 e. The first-order chi connectivity index (χ1) is 14.5. The van der Waals surface area contributed by atoms with Gasteiger partial charge in [0.2, 0.25) is 5.91 Å². The topological polar surface area (TPSA) is 80.8 Å². The molecule has 0 spiro atoms. The van der Waals surface area contributed by atoms with Gasteiger partial charge in [-0.05, 0) is 43.2 Å². The van der Waals surface area contributed by atoms with Crippen LogP contribution in [0.15, 0.2) is 42.7 Å². The van der Waals surface area contributed by atoms with Crippen LogP contribution in [-0.4, -0.2) is 54.0 Å². The SMILES string of the molecule is COc1cc(C(=O)N[C@H](C)Cc2cccnc2)ccc1OC1CCN(C(C)=O)CC1. The molecular formula is C23H29N3O4. The van der Waals surface area contributed by atoms with E-state index in [-0.39, 0.29) is 24.0 Å². The Bertz CT molecular complexity index is 864. The molecule has 1 aliphatic rings. The Hall–Kier alpha value is -3.09. The average molecular weight is 412 g/mol. The van der Waals surface area contributed by atoms with Gasteiger partial charge < -0.3 is 19.7 Å². The van der Waals surface area contributed by atoms with Crippen LogP contribution in [-0.2, 0) is 11.2 Å². The molecule has 2 amide bonds. The Morgan fingerprint density at radius 1 is 1.23 bits per heavy atom. The second kappa shape index (κ2) is 10.1. The maximum absolute atomic E-state index is 12.7. The molecule has 0 aliphatic carbocycles. The summed E-state index contributed by atoms with van der Waals surface area (Å²) in [6.45, 7) is 4.94. The first-order valence-electron chi connectivity index (χ1n) is 10.3. The van der Waals surface area contributed by atoms with E-state index in [4.69, 9.17) is 9.47 Å². The number of amides is 2. The number of methoxy groups -OCH3 is 1. The van der Waals surface area contributed by atoms with Crippen molar-refractivity contribution in [2.45, 2.75) is 45.3 Å². The fourth-order valence-corrected chi connectivity index (χ4v) is 3.60. The zero-order chi connectivity index (χ0) is 21.5. The van der Waals surface area contributed by atoms with E-state index >= 15 is 0 Å². The van der Waals surface area contributed by atoms with Crippen molar-refractivity contribution in [3.8, 4) is 11.5 Å². The number of piperidine rings is 1. The minimum absolute atomic E-state index is 0.0219. The number of carbonyl (C=O) groups excluding carboxylic acids is 2. The van der Waals surface area contributed by atoms with Crippen molar-refractivity contribution in [1.29, 1.82) is 0 Å². The summed E-state index contributed by atoms with van der Waals surface area (Å²) >= 11 is 0. The van der Waals surface area contributed by atoms with Crippen LogP contribution in [0.2, 0.25) is 0 Å². The molecule has 0 bridgehead atoms. The zero-order valence-electron chi connectivity index (χ0n) is 17.8. The smallest absolute Gasteiger partial charge is 0.251 e. The van der Waals surface area contributed by atoms with E-state index in [2.05, 4.69) is 10.3 Å². The van der Waals surface area contributed by atoms with Gasteiger partial charge in [-0.25, -0.2) is 0 Å². The van der Waals surface area contributed by atoms with Gasteiger partial charge in [-0.15, -0.1) is 0 Å². The first-order valence-corrected chi connectivity index (χ1v) is 10.3. The van der Waals surface area contributed by atoms with Crippen molar-refractivity contribution in [2.24, 2.45) is 0 Å². The lowest BCUT2D eigenvalue weighted by atomic mass is 10.1. The van der Waals surface area contributed by atoms with Crippen LogP contribution in [0.4, 0.5) is 0 Å². The number of likely N-dealkylation sites (tertiary alicyclic amines) is 1. The minimum Gasteiger partial charge on any atom is -0.493 e. The molecule has 2 aromatic rings. The van der Waals surface area contributed by atoms with E-state index in [9.17, 15) is 9.59 Å². The van der Waals surface area contributed by atoms with Gasteiger partial charge in [0.25, 0.3) is 5.91 Å². The summed E-state index contributed by atoms with van der Waals surface area (Å²) in [6.07, 6.45) is 5.81. The highest BCUT2D eigenvalue weighted by Gasteiger charge is 2.23. The van der Waals surface area contributed by atoms with Crippen LogP contribution in [0, 0.1) is 0 Å². The van der Waals surface area contributed by atoms with E-state index in [1.165, 1.54) is 0 Å². The summed E-state index contributed by atoms with van der Waals surface area (Å²) in [5, 5.41) is 3.01. The van der Waals surface area contributed by atoms with Gasteiger partial charge in [0.1, 0.15) is 6.10 Å². The van der Waals surface area contributed by atoms with Gasteiger partial charge in [0, 0.05) is 56.9 Å². The largest absolute Gasteiger partial charge is 0.493 e. The van der Waals surface area contributed by atoms with Crippen molar-refractivity contribution in [2.75, 3.05) is 20.2 Å². The third kappa shape index (κ3) is 5.72. The van der Waals surface area contributed by atoms with E-state index < -0.39 is 0 Å². The van der Waals surface area contributed by atoms with Gasteiger partial charge in [0.05, 0.1) is 7.11 Å². The molecule has 1 aliphatic heterocycles. The van der Waals surface area contributed by atoms with E-state index in [1.807, 2.05) is 24.0 Å². The average Bonchev–Trinajstić information content (AvgIpc) is 2.75. The van der Waals surface area contributed by atoms with Gasteiger partial charge >= 0.3 is 0 Å². The summed E-state index contributed by atoms with van der Waals surface area (Å²) in [5.74, 6) is 1.07. The number of ether oxygens (including phenoxy) is 2. The fourth-order valence-electron chi connectivity index (χ4n) is 3.60. The van der Waals surface area contributed by atoms with Gasteiger partial charge in [-0.3, -0.25) is 14.6 Å². The Morgan fingerprint density at radius 3 is 2.63 bits per heavy atom. The highest BCUT2D eigenvalue weighted by atomic mass is 16.5. The standard InChI is InChI=1S/C23H29N3O4/c1-16(13-18-5-4-10-24-15-18)25-23(28)19-6-7-21(22(14-19)29-3)30-20-8-11-26(12-9-20)17(2)27/h4-7,10,14-16,20H,8-9,11-13H2,1-3H3,(H,25,28)/t16-/m1/s1. The number of nitrogens with one attached hydrogen (secondary N) is 1. The van der Waals surface area contributed by atoms with Gasteiger partial charge in [-0.1, -0.05) is 6.07 Å². The molecule has 0 unspecified atom stereocenters. The number of aromatic nitrogens is 1. The van der Waals surface area contributed by atoms with E-state index in [0.717, 1.165) is 18.4 Å². The molecule has 0 saturated carbocycles. The Kier molecular flexibility index (Phi) is 7.27. The van der Waals surface area contributed by atoms with Crippen molar-refractivity contribution >= 4 is 11.8 Å². The van der Waals surface area contributed by atoms with Crippen LogP contribution in [0.25, 0.3) is 0 Å². The monoisotopic (exact) mass is 411 g/mol. The molecule has 7 heteroatoms. The number of nitrogens with zero attached hydrogens (tertiary/aromatic N) is 2. The number of carbonyl (C=O) groups is 2. The molecule has 30 heavy (non-hydrogen) atoms. The summed E-state index contributed by atoms with van der Waals surface area (Å²) < 4.78 is 11.6. The molecule has 0 radical (unpaired) electrons. The lowest BCUT2D eigenvalue weighted by Gasteiger charge is -2.31. The summed E-state index contributed by atoms with van der Waals surface area (Å²) in [7, 11) is 1.56. The third-order valence-electron chi connectivity index (χ3n) is 5.25. The number of rotatable bonds is 7. The predicted octanol–water partition coefficient (Wildman–Crippen LogP) is 2.84. The quantitative estimate of drug-likeness (QED) is 0.758. The number of benzene rings is 1. The predicted molar refractivity (Wildman–Crippen MR) is 114 cm³/mol. The summed E-state index contributed by atoms with van der Waals surface area (Å²) in [6, 6.07) is 9.07. The van der Waals surface area contributed by atoms with E-state index in [0.29, 0.717) is 36.6 Å². The molecule has 1 atom stereocenters. The summed E-state index contributed by atoms with van der Waals surface area (Å²) in [5.41, 5.74) is 1.59. The van der Waals surface area contributed by atoms with Gasteiger partial charge in [-0.2, -0.15) is 0 Å². The minimum atomic E-state index is -0.161. The lowest BCUT2D eigenvalue weighted by molar-refractivity contribution is -0.130. The highest BCUT2D eigenvalue weighted by molar-refractivity contribution is 5.95. The number of pyridine rings is 1. The molecule has 1 fully saturated rings. The van der Waals surface area contributed by atoms with Crippen molar-refractivity contribution in [3.05, 3.63) is 53.9 Å². The van der Waals surface area contributed by atoms with Crippen LogP contribution in [0.3, 0.4) is 0 Å². The van der Waals surface area contributed by atoms with Crippen molar-refractivity contribution in [3.63, 3.8) is 0 Å². The van der Waals surface area contributed by atoms with Crippen molar-refractivity contribution < 1.29 is 19.1 Å². The van der Waals surface area contributed by atoms with Crippen LogP contribution >= 0.6 is 0 Å². The van der Waals surface area contributed by atoms with Crippen LogP contribution in [0.5, 0.6) is 11.5 Å². The van der Waals surface area contributed by atoms with Crippen LogP contribution < -0.4 is 14.8 Å². The Labute approximate surface area is 177 Å². The molecule has 3 rings (SSSR count). The van der Waals surface area contributed by atoms with Crippen molar-refractivity contribution in [1.82, 2.24) is 15.2 Å². The van der Waals surface area contributed by atoms with Crippen LogP contribution in [0.1, 0.15) is 42.6 Å². The third-order valence-corrected chi connectivity index (χ3v) is 5.25. The zero-order valence-corrected chi connectivity index (χ0v) is 17.8. The molecule has 1 aromatic carbocycles. The molecule has 2 heterocycles. The fraction of sp³-hybridized carbons (Fsp3) is 0.435. The lowest BCUT2D eigenvalue weighted by Crippen LogP contribution is -2.40. The Morgan fingerprint density at radius 2 is 2.00 bits per heavy atom. The molecule has 1 saturated heterocycles. The number of hydrogen-bond donors (Lipinski definition) is 1. The number of hydrogen-bond acceptors (Lipinski definition) is 5. The molecular weight excluding hydrogens is 382 g/mol. The van der Waals surface area contributed by atoms with Gasteiger partial charge in [0.15, 0.2) is 11.5 Å². The van der Waals surface area contributed by atoms with E-state index in [1.54, 1.807) is 44.6 Å². The second-order valence-corrected chi connectivity index (χ2v) is 7.63. The maximum atomic E-state index is 12.7. The molecule has 7 nitrogen and oxygen atoms in total. The molecule has 1 aromatic heterocycles.